The van der Waals surface area contributed by atoms with Crippen molar-refractivity contribution >= 4 is 17.9 Å². The second-order valence-corrected chi connectivity index (χ2v) is 3.71. The SMILES string of the molecule is NOC(=O)C(N)CCC(=O)OC(=O)c1ccccc1. The van der Waals surface area contributed by atoms with Crippen molar-refractivity contribution in [2.45, 2.75) is 18.9 Å². The predicted octanol–water partition coefficient (Wildman–Crippen LogP) is -0.106. The van der Waals surface area contributed by atoms with Crippen molar-refractivity contribution in [3.8, 4) is 0 Å². The maximum atomic E-state index is 11.5. The van der Waals surface area contributed by atoms with E-state index in [9.17, 15) is 14.4 Å². The van der Waals surface area contributed by atoms with Crippen molar-refractivity contribution in [1.29, 1.82) is 0 Å². The van der Waals surface area contributed by atoms with Gasteiger partial charge in [0.15, 0.2) is 0 Å². The monoisotopic (exact) mass is 266 g/mol. The molecule has 102 valence electrons. The molecule has 0 amide bonds. The maximum absolute atomic E-state index is 11.5. The fourth-order valence-electron chi connectivity index (χ4n) is 1.27. The highest BCUT2D eigenvalue weighted by Crippen LogP contribution is 2.04. The number of carbonyl (C=O) groups excluding carboxylic acids is 3. The third-order valence-corrected chi connectivity index (χ3v) is 2.29. The minimum Gasteiger partial charge on any atom is -0.389 e. The summed E-state index contributed by atoms with van der Waals surface area (Å²) in [6, 6.07) is 7.04. The summed E-state index contributed by atoms with van der Waals surface area (Å²) < 4.78 is 4.58. The number of benzene rings is 1. The Hall–Kier alpha value is -2.25. The van der Waals surface area contributed by atoms with Gasteiger partial charge in [0.25, 0.3) is 0 Å². The third-order valence-electron chi connectivity index (χ3n) is 2.29. The molecule has 1 rings (SSSR count). The molecule has 0 saturated heterocycles. The molecule has 0 saturated carbocycles. The van der Waals surface area contributed by atoms with Crippen LogP contribution in [0.4, 0.5) is 0 Å². The molecule has 1 unspecified atom stereocenters. The molecule has 0 aliphatic rings. The van der Waals surface area contributed by atoms with Crippen LogP contribution in [0.15, 0.2) is 30.3 Å². The van der Waals surface area contributed by atoms with E-state index in [0.717, 1.165) is 0 Å². The number of nitrogens with two attached hydrogens (primary N) is 2. The van der Waals surface area contributed by atoms with Crippen LogP contribution in [-0.2, 0) is 19.2 Å². The Morgan fingerprint density at radius 2 is 1.79 bits per heavy atom. The first-order chi connectivity index (χ1) is 9.04. The van der Waals surface area contributed by atoms with Crippen LogP contribution in [0.1, 0.15) is 23.2 Å². The molecule has 0 aromatic heterocycles. The summed E-state index contributed by atoms with van der Waals surface area (Å²) in [7, 11) is 0. The van der Waals surface area contributed by atoms with Gasteiger partial charge in [-0.2, -0.15) is 5.90 Å². The van der Waals surface area contributed by atoms with E-state index in [0.29, 0.717) is 0 Å². The standard InChI is InChI=1S/C12H14N2O5/c13-9(12(17)19-14)6-7-10(15)18-11(16)8-4-2-1-3-5-8/h1-5,9H,6-7,13-14H2. The van der Waals surface area contributed by atoms with Crippen LogP contribution in [0.25, 0.3) is 0 Å². The van der Waals surface area contributed by atoms with Gasteiger partial charge in [-0.25, -0.2) is 9.59 Å². The first-order valence-electron chi connectivity index (χ1n) is 5.50. The summed E-state index contributed by atoms with van der Waals surface area (Å²) in [6.45, 7) is 0. The van der Waals surface area contributed by atoms with Gasteiger partial charge < -0.3 is 15.3 Å². The van der Waals surface area contributed by atoms with E-state index < -0.39 is 23.9 Å². The first kappa shape index (κ1) is 14.8. The molecule has 0 spiro atoms. The number of carbonyl (C=O) groups is 3. The lowest BCUT2D eigenvalue weighted by molar-refractivity contribution is -0.146. The number of rotatable bonds is 5. The molecule has 1 aromatic carbocycles. The highest BCUT2D eigenvalue weighted by atomic mass is 16.7. The van der Waals surface area contributed by atoms with Crippen LogP contribution in [0, 0.1) is 0 Å². The van der Waals surface area contributed by atoms with Gasteiger partial charge in [0.05, 0.1) is 5.56 Å². The molecule has 7 nitrogen and oxygen atoms in total. The zero-order valence-electron chi connectivity index (χ0n) is 10.1. The van der Waals surface area contributed by atoms with E-state index in [1.54, 1.807) is 18.2 Å². The van der Waals surface area contributed by atoms with Gasteiger partial charge in [-0.1, -0.05) is 18.2 Å². The largest absolute Gasteiger partial charge is 0.389 e. The fraction of sp³-hybridized carbons (Fsp3) is 0.250. The lowest BCUT2D eigenvalue weighted by Gasteiger charge is -2.07. The van der Waals surface area contributed by atoms with E-state index in [-0.39, 0.29) is 18.4 Å². The van der Waals surface area contributed by atoms with Crippen molar-refractivity contribution in [1.82, 2.24) is 0 Å². The highest BCUT2D eigenvalue weighted by Gasteiger charge is 2.18. The Morgan fingerprint density at radius 1 is 1.16 bits per heavy atom. The highest BCUT2D eigenvalue weighted by molar-refractivity contribution is 5.96. The third kappa shape index (κ3) is 4.86. The van der Waals surface area contributed by atoms with Crippen LogP contribution in [-0.4, -0.2) is 23.9 Å². The van der Waals surface area contributed by atoms with Gasteiger partial charge in [0, 0.05) is 6.42 Å². The Kier molecular flexibility index (Phi) is 5.65. The summed E-state index contributed by atoms with van der Waals surface area (Å²) >= 11 is 0. The van der Waals surface area contributed by atoms with E-state index >= 15 is 0 Å². The molecule has 0 aliphatic heterocycles. The summed E-state index contributed by atoms with van der Waals surface area (Å²) in [5, 5.41) is 0. The van der Waals surface area contributed by atoms with Crippen LogP contribution in [0.3, 0.4) is 0 Å². The lowest BCUT2D eigenvalue weighted by atomic mass is 10.2. The van der Waals surface area contributed by atoms with E-state index in [2.05, 4.69) is 15.5 Å². The molecule has 4 N–H and O–H groups in total. The topological polar surface area (TPSA) is 122 Å². The van der Waals surface area contributed by atoms with Gasteiger partial charge in [0.1, 0.15) is 6.04 Å². The number of hydrogen-bond donors (Lipinski definition) is 2. The van der Waals surface area contributed by atoms with E-state index in [4.69, 9.17) is 5.73 Å². The zero-order valence-corrected chi connectivity index (χ0v) is 10.1. The number of esters is 2. The van der Waals surface area contributed by atoms with Crippen molar-refractivity contribution in [3.05, 3.63) is 35.9 Å². The minimum atomic E-state index is -1.02. The second-order valence-electron chi connectivity index (χ2n) is 3.71. The summed E-state index contributed by atoms with van der Waals surface area (Å²) in [4.78, 5) is 37.7. The van der Waals surface area contributed by atoms with Gasteiger partial charge in [0.2, 0.25) is 0 Å². The smallest absolute Gasteiger partial charge is 0.345 e. The predicted molar refractivity (Wildman–Crippen MR) is 64.4 cm³/mol. The van der Waals surface area contributed by atoms with Crippen LogP contribution in [0.2, 0.25) is 0 Å². The van der Waals surface area contributed by atoms with Crippen molar-refractivity contribution < 1.29 is 24.0 Å². The van der Waals surface area contributed by atoms with Crippen molar-refractivity contribution in [3.63, 3.8) is 0 Å². The Balaban J connectivity index is 2.40. The average molecular weight is 266 g/mol. The molecule has 0 bridgehead atoms. The van der Waals surface area contributed by atoms with E-state index in [1.807, 2.05) is 0 Å². The van der Waals surface area contributed by atoms with Gasteiger partial charge in [-0.15, -0.1) is 0 Å². The van der Waals surface area contributed by atoms with Crippen molar-refractivity contribution in [2.75, 3.05) is 0 Å². The molecule has 0 aliphatic carbocycles. The molecule has 1 atom stereocenters. The summed E-state index contributed by atoms with van der Waals surface area (Å²) in [5.74, 6) is 2.29. The zero-order chi connectivity index (χ0) is 14.3. The second kappa shape index (κ2) is 7.24. The number of ether oxygens (including phenoxy) is 1. The van der Waals surface area contributed by atoms with Crippen LogP contribution in [0.5, 0.6) is 0 Å². The van der Waals surface area contributed by atoms with E-state index in [1.165, 1.54) is 12.1 Å². The molecule has 0 heterocycles. The summed E-state index contributed by atoms with van der Waals surface area (Å²) in [5.41, 5.74) is 5.64. The lowest BCUT2D eigenvalue weighted by Crippen LogP contribution is -2.34. The van der Waals surface area contributed by atoms with Crippen LogP contribution < -0.4 is 11.6 Å². The molecule has 0 fully saturated rings. The summed E-state index contributed by atoms with van der Waals surface area (Å²) in [6.07, 6.45) is -0.203. The van der Waals surface area contributed by atoms with Gasteiger partial charge >= 0.3 is 17.9 Å². The molecule has 1 aromatic rings. The molecule has 19 heavy (non-hydrogen) atoms. The number of hydrogen-bond acceptors (Lipinski definition) is 7. The van der Waals surface area contributed by atoms with Gasteiger partial charge in [-0.05, 0) is 18.6 Å². The minimum absolute atomic E-state index is 0.0169. The Bertz CT molecular complexity index is 460. The Labute approximate surface area is 109 Å². The Morgan fingerprint density at radius 3 is 2.37 bits per heavy atom. The quantitative estimate of drug-likeness (QED) is 0.433. The van der Waals surface area contributed by atoms with Gasteiger partial charge in [-0.3, -0.25) is 4.79 Å². The fourth-order valence-corrected chi connectivity index (χ4v) is 1.27. The maximum Gasteiger partial charge on any atom is 0.345 e. The van der Waals surface area contributed by atoms with Crippen molar-refractivity contribution in [2.24, 2.45) is 11.6 Å². The average Bonchev–Trinajstić information content (AvgIpc) is 2.44. The van der Waals surface area contributed by atoms with Crippen LogP contribution >= 0.6 is 0 Å². The molecule has 7 heteroatoms. The molecular weight excluding hydrogens is 252 g/mol. The normalized spacial score (nSPS) is 11.5. The molecular formula is C12H14N2O5. The molecule has 0 radical (unpaired) electrons. The first-order valence-corrected chi connectivity index (χ1v) is 5.50.